The van der Waals surface area contributed by atoms with Crippen molar-refractivity contribution in [2.75, 3.05) is 0 Å². The Hall–Kier alpha value is -0.820. The molecule has 20 heavy (non-hydrogen) atoms. The third-order valence-corrected chi connectivity index (χ3v) is 4.71. The second-order valence-electron chi connectivity index (χ2n) is 7.42. The highest BCUT2D eigenvalue weighted by molar-refractivity contribution is 5.28. The van der Waals surface area contributed by atoms with E-state index in [1.807, 2.05) is 0 Å². The summed E-state index contributed by atoms with van der Waals surface area (Å²) < 4.78 is 0. The minimum Gasteiger partial charge on any atom is -0.388 e. The van der Waals surface area contributed by atoms with Gasteiger partial charge in [-0.1, -0.05) is 77.1 Å². The van der Waals surface area contributed by atoms with E-state index < -0.39 is 0 Å². The molecule has 1 fully saturated rings. The molecule has 0 saturated heterocycles. The Morgan fingerprint density at radius 3 is 1.90 bits per heavy atom. The molecular weight excluding hydrogens is 244 g/mol. The zero-order valence-electron chi connectivity index (χ0n) is 13.4. The maximum absolute atomic E-state index is 10.7. The number of aliphatic hydroxyl groups excluding tert-OH is 1. The maximum atomic E-state index is 10.7. The van der Waals surface area contributed by atoms with Gasteiger partial charge < -0.3 is 5.11 Å². The molecule has 112 valence electrons. The average Bonchev–Trinajstić information content (AvgIpc) is 2.37. The number of hydrogen-bond donors (Lipinski definition) is 1. The summed E-state index contributed by atoms with van der Waals surface area (Å²) in [4.78, 5) is 0. The molecule has 1 atom stereocenters. The topological polar surface area (TPSA) is 20.2 Å². The fraction of sp³-hybridized carbons (Fsp3) is 0.684. The molecule has 1 unspecified atom stereocenters. The van der Waals surface area contributed by atoms with Gasteiger partial charge in [0.2, 0.25) is 0 Å². The lowest BCUT2D eigenvalue weighted by atomic mass is 9.82. The van der Waals surface area contributed by atoms with Gasteiger partial charge in [-0.15, -0.1) is 0 Å². The van der Waals surface area contributed by atoms with Crippen molar-refractivity contribution in [2.24, 2.45) is 5.92 Å². The Morgan fingerprint density at radius 1 is 0.900 bits per heavy atom. The summed E-state index contributed by atoms with van der Waals surface area (Å²) >= 11 is 0. The van der Waals surface area contributed by atoms with Crippen LogP contribution in [0.3, 0.4) is 0 Å². The van der Waals surface area contributed by atoms with E-state index in [1.54, 1.807) is 0 Å². The highest BCUT2D eigenvalue weighted by Gasteiger charge is 2.22. The average molecular weight is 274 g/mol. The van der Waals surface area contributed by atoms with Gasteiger partial charge in [-0.2, -0.15) is 0 Å². The predicted molar refractivity (Wildman–Crippen MR) is 85.9 cm³/mol. The number of rotatable bonds is 2. The molecule has 1 nitrogen and oxygen atoms in total. The summed E-state index contributed by atoms with van der Waals surface area (Å²) in [6.45, 7) is 6.69. The molecule has 1 aromatic carbocycles. The van der Waals surface area contributed by atoms with Crippen LogP contribution in [0.25, 0.3) is 0 Å². The van der Waals surface area contributed by atoms with Gasteiger partial charge in [0, 0.05) is 0 Å². The highest BCUT2D eigenvalue weighted by atomic mass is 16.3. The molecule has 0 aromatic heterocycles. The van der Waals surface area contributed by atoms with Crippen molar-refractivity contribution >= 4 is 0 Å². The van der Waals surface area contributed by atoms with Crippen LogP contribution in [0.15, 0.2) is 24.3 Å². The SMILES string of the molecule is CC(C)(C)c1ccc(C(O)C2CCCCCCC2)cc1. The molecule has 0 bridgehead atoms. The van der Waals surface area contributed by atoms with Crippen LogP contribution >= 0.6 is 0 Å². The Morgan fingerprint density at radius 2 is 1.40 bits per heavy atom. The fourth-order valence-electron chi connectivity index (χ4n) is 3.26. The van der Waals surface area contributed by atoms with Crippen LogP contribution in [0.2, 0.25) is 0 Å². The smallest absolute Gasteiger partial charge is 0.0818 e. The van der Waals surface area contributed by atoms with Crippen molar-refractivity contribution in [1.82, 2.24) is 0 Å². The lowest BCUT2D eigenvalue weighted by molar-refractivity contribution is 0.0912. The second kappa shape index (κ2) is 6.76. The lowest BCUT2D eigenvalue weighted by Crippen LogP contribution is -2.15. The van der Waals surface area contributed by atoms with Crippen LogP contribution in [-0.4, -0.2) is 5.11 Å². The van der Waals surface area contributed by atoms with Gasteiger partial charge in [-0.3, -0.25) is 0 Å². The molecule has 0 spiro atoms. The first-order valence-corrected chi connectivity index (χ1v) is 8.27. The lowest BCUT2D eigenvalue weighted by Gasteiger charge is -2.26. The summed E-state index contributed by atoms with van der Waals surface area (Å²) in [6, 6.07) is 8.62. The third-order valence-electron chi connectivity index (χ3n) is 4.71. The molecule has 0 radical (unpaired) electrons. The standard InChI is InChI=1S/C19H30O/c1-19(2,3)17-13-11-16(12-14-17)18(20)15-9-7-5-4-6-8-10-15/h11-15,18,20H,4-10H2,1-3H3. The van der Waals surface area contributed by atoms with Crippen molar-refractivity contribution in [3.8, 4) is 0 Å². The van der Waals surface area contributed by atoms with Gasteiger partial charge in [0.15, 0.2) is 0 Å². The third kappa shape index (κ3) is 4.09. The minimum atomic E-state index is -0.276. The van der Waals surface area contributed by atoms with E-state index in [9.17, 15) is 5.11 Å². The molecule has 1 saturated carbocycles. The minimum absolute atomic E-state index is 0.184. The first-order valence-electron chi connectivity index (χ1n) is 8.27. The monoisotopic (exact) mass is 274 g/mol. The summed E-state index contributed by atoms with van der Waals surface area (Å²) in [5.41, 5.74) is 2.62. The van der Waals surface area contributed by atoms with Gasteiger partial charge in [-0.25, -0.2) is 0 Å². The van der Waals surface area contributed by atoms with Crippen molar-refractivity contribution in [3.05, 3.63) is 35.4 Å². The molecular formula is C19H30O. The van der Waals surface area contributed by atoms with Gasteiger partial charge in [-0.05, 0) is 35.3 Å². The number of benzene rings is 1. The molecule has 0 aliphatic heterocycles. The molecule has 1 N–H and O–H groups in total. The van der Waals surface area contributed by atoms with Crippen LogP contribution in [-0.2, 0) is 5.41 Å². The van der Waals surface area contributed by atoms with E-state index >= 15 is 0 Å². The maximum Gasteiger partial charge on any atom is 0.0818 e. The fourth-order valence-corrected chi connectivity index (χ4v) is 3.26. The van der Waals surface area contributed by atoms with Crippen molar-refractivity contribution in [3.63, 3.8) is 0 Å². The normalized spacial score (nSPS) is 20.2. The summed E-state index contributed by atoms with van der Waals surface area (Å²) in [5.74, 6) is 0.454. The van der Waals surface area contributed by atoms with Crippen LogP contribution < -0.4 is 0 Å². The van der Waals surface area contributed by atoms with Crippen molar-refractivity contribution in [1.29, 1.82) is 0 Å². The van der Waals surface area contributed by atoms with E-state index in [0.29, 0.717) is 5.92 Å². The van der Waals surface area contributed by atoms with E-state index in [1.165, 1.54) is 50.5 Å². The van der Waals surface area contributed by atoms with Crippen LogP contribution in [0.4, 0.5) is 0 Å². The van der Waals surface area contributed by atoms with Crippen LogP contribution in [0.1, 0.15) is 82.9 Å². The quantitative estimate of drug-likeness (QED) is 0.768. The molecule has 1 aliphatic carbocycles. The van der Waals surface area contributed by atoms with E-state index in [4.69, 9.17) is 0 Å². The first-order chi connectivity index (χ1) is 9.48. The largest absolute Gasteiger partial charge is 0.388 e. The molecule has 1 aliphatic rings. The van der Waals surface area contributed by atoms with Gasteiger partial charge in [0.25, 0.3) is 0 Å². The Balaban J connectivity index is 2.05. The first kappa shape index (κ1) is 15.6. The summed E-state index contributed by atoms with van der Waals surface area (Å²) in [6.07, 6.45) is 8.71. The van der Waals surface area contributed by atoms with Crippen molar-refractivity contribution < 1.29 is 5.11 Å². The van der Waals surface area contributed by atoms with Crippen molar-refractivity contribution in [2.45, 2.75) is 77.2 Å². The predicted octanol–water partition coefficient (Wildman–Crippen LogP) is 5.38. The zero-order valence-corrected chi connectivity index (χ0v) is 13.4. The van der Waals surface area contributed by atoms with Crippen LogP contribution in [0, 0.1) is 5.92 Å². The van der Waals surface area contributed by atoms with Gasteiger partial charge >= 0.3 is 0 Å². The Kier molecular flexibility index (Phi) is 5.26. The highest BCUT2D eigenvalue weighted by Crippen LogP contribution is 2.33. The zero-order chi connectivity index (χ0) is 14.6. The van der Waals surface area contributed by atoms with E-state index in [-0.39, 0.29) is 11.5 Å². The van der Waals surface area contributed by atoms with Gasteiger partial charge in [0.1, 0.15) is 0 Å². The van der Waals surface area contributed by atoms with Crippen LogP contribution in [0.5, 0.6) is 0 Å². The number of hydrogen-bond acceptors (Lipinski definition) is 1. The van der Waals surface area contributed by atoms with E-state index in [2.05, 4.69) is 45.0 Å². The molecule has 0 amide bonds. The Labute approximate surface area is 124 Å². The summed E-state index contributed by atoms with van der Waals surface area (Å²) in [7, 11) is 0. The van der Waals surface area contributed by atoms with E-state index in [0.717, 1.165) is 5.56 Å². The molecule has 0 heterocycles. The molecule has 1 heteroatoms. The second-order valence-corrected chi connectivity index (χ2v) is 7.42. The molecule has 2 rings (SSSR count). The summed E-state index contributed by atoms with van der Waals surface area (Å²) in [5, 5.41) is 10.7. The Bertz CT molecular complexity index is 391. The molecule has 1 aromatic rings. The van der Waals surface area contributed by atoms with Gasteiger partial charge in [0.05, 0.1) is 6.10 Å². The number of aliphatic hydroxyl groups is 1.